The fraction of sp³-hybridized carbons (Fsp3) is 0.381. The van der Waals surface area contributed by atoms with Gasteiger partial charge in [-0.05, 0) is 19.3 Å². The molecule has 4 aliphatic rings. The molecule has 1 saturated carbocycles. The van der Waals surface area contributed by atoms with Crippen LogP contribution in [0.15, 0.2) is 30.5 Å². The summed E-state index contributed by atoms with van der Waals surface area (Å²) in [5.41, 5.74) is 0.647. The molecule has 3 saturated heterocycles. The Labute approximate surface area is 166 Å². The Balaban J connectivity index is 1.41. The van der Waals surface area contributed by atoms with E-state index in [9.17, 15) is 19.6 Å². The Morgan fingerprint density at radius 1 is 1.17 bits per heavy atom. The van der Waals surface area contributed by atoms with Gasteiger partial charge in [-0.2, -0.15) is 5.26 Å². The van der Waals surface area contributed by atoms with Crippen molar-refractivity contribution in [3.05, 3.63) is 36.2 Å². The average molecular weight is 387 g/mol. The number of pyridine rings is 1. The van der Waals surface area contributed by atoms with Gasteiger partial charge in [-0.15, -0.1) is 0 Å². The lowest BCUT2D eigenvalue weighted by Gasteiger charge is -2.35. The van der Waals surface area contributed by atoms with Gasteiger partial charge in [-0.1, -0.05) is 24.3 Å². The van der Waals surface area contributed by atoms with E-state index in [1.165, 1.54) is 11.1 Å². The van der Waals surface area contributed by atoms with Crippen LogP contribution < -0.4 is 4.90 Å². The van der Waals surface area contributed by atoms with E-state index in [0.717, 1.165) is 12.8 Å². The number of carbonyl (C=O) groups is 3. The molecule has 0 unspecified atom stereocenters. The van der Waals surface area contributed by atoms with Crippen LogP contribution in [-0.4, -0.2) is 57.3 Å². The molecular formula is C21H17N5O3. The van der Waals surface area contributed by atoms with Crippen molar-refractivity contribution in [2.45, 2.75) is 37.4 Å². The Bertz CT molecular complexity index is 1150. The van der Waals surface area contributed by atoms with E-state index < -0.39 is 6.04 Å². The highest BCUT2D eigenvalue weighted by Gasteiger charge is 2.63. The molecule has 8 heteroatoms. The first-order valence-corrected chi connectivity index (χ1v) is 9.84. The molecule has 4 heterocycles. The van der Waals surface area contributed by atoms with Gasteiger partial charge < -0.3 is 9.80 Å². The van der Waals surface area contributed by atoms with Crippen LogP contribution in [0.2, 0.25) is 0 Å². The van der Waals surface area contributed by atoms with Gasteiger partial charge in [0.05, 0.1) is 24.0 Å². The molecule has 4 amide bonds. The van der Waals surface area contributed by atoms with Crippen LogP contribution in [0.5, 0.6) is 0 Å². The number of hydrogen-bond donors (Lipinski definition) is 0. The molecule has 2 bridgehead atoms. The molecule has 1 aromatic heterocycles. The molecule has 1 aromatic carbocycles. The molecule has 0 spiro atoms. The third-order valence-electron chi connectivity index (χ3n) is 6.60. The van der Waals surface area contributed by atoms with Gasteiger partial charge in [0.15, 0.2) is 0 Å². The lowest BCUT2D eigenvalue weighted by molar-refractivity contribution is -0.136. The third-order valence-corrected chi connectivity index (χ3v) is 6.60. The number of anilines is 1. The maximum atomic E-state index is 13.4. The Morgan fingerprint density at radius 2 is 1.93 bits per heavy atom. The van der Waals surface area contributed by atoms with E-state index in [1.807, 2.05) is 4.90 Å². The minimum Gasteiger partial charge on any atom is -0.335 e. The number of hydrogen-bond acceptors (Lipinski definition) is 5. The maximum Gasteiger partial charge on any atom is 0.332 e. The first-order valence-electron chi connectivity index (χ1n) is 9.84. The molecule has 0 N–H and O–H groups in total. The second-order valence-corrected chi connectivity index (χ2v) is 8.18. The smallest absolute Gasteiger partial charge is 0.332 e. The summed E-state index contributed by atoms with van der Waals surface area (Å²) >= 11 is 0. The van der Waals surface area contributed by atoms with E-state index in [1.54, 1.807) is 29.2 Å². The highest BCUT2D eigenvalue weighted by Crippen LogP contribution is 2.45. The van der Waals surface area contributed by atoms with E-state index >= 15 is 0 Å². The van der Waals surface area contributed by atoms with Crippen molar-refractivity contribution in [3.8, 4) is 6.07 Å². The van der Waals surface area contributed by atoms with E-state index in [0.29, 0.717) is 29.4 Å². The van der Waals surface area contributed by atoms with Crippen molar-refractivity contribution in [1.29, 1.82) is 5.26 Å². The van der Waals surface area contributed by atoms with Crippen molar-refractivity contribution in [2.75, 3.05) is 11.4 Å². The molecular weight excluding hydrogens is 370 g/mol. The summed E-state index contributed by atoms with van der Waals surface area (Å²) in [4.78, 5) is 48.1. The monoisotopic (exact) mass is 387 g/mol. The maximum absolute atomic E-state index is 13.4. The second kappa shape index (κ2) is 5.54. The highest BCUT2D eigenvalue weighted by atomic mass is 16.2. The minimum atomic E-state index is -0.627. The lowest BCUT2D eigenvalue weighted by Crippen LogP contribution is -2.55. The van der Waals surface area contributed by atoms with Crippen LogP contribution in [-0.2, 0) is 9.59 Å². The van der Waals surface area contributed by atoms with Crippen molar-refractivity contribution >= 4 is 34.3 Å². The molecule has 2 aromatic rings. The summed E-state index contributed by atoms with van der Waals surface area (Å²) in [5, 5.41) is 10.6. The molecule has 8 nitrogen and oxygen atoms in total. The van der Waals surface area contributed by atoms with Gasteiger partial charge >= 0.3 is 6.03 Å². The summed E-state index contributed by atoms with van der Waals surface area (Å²) in [6, 6.07) is 7.85. The summed E-state index contributed by atoms with van der Waals surface area (Å²) in [6.45, 7) is 0.510. The zero-order valence-corrected chi connectivity index (χ0v) is 15.5. The number of likely N-dealkylation sites (tertiary alicyclic amines) is 1. The van der Waals surface area contributed by atoms with E-state index in [4.69, 9.17) is 0 Å². The third kappa shape index (κ3) is 2.07. The molecule has 3 atom stereocenters. The number of amides is 4. The normalized spacial score (nSPS) is 27.7. The summed E-state index contributed by atoms with van der Waals surface area (Å²) in [5.74, 6) is -0.0911. The van der Waals surface area contributed by atoms with Crippen molar-refractivity contribution < 1.29 is 14.4 Å². The molecule has 4 fully saturated rings. The van der Waals surface area contributed by atoms with Gasteiger partial charge in [-0.3, -0.25) is 9.59 Å². The quantitative estimate of drug-likeness (QED) is 0.730. The predicted molar refractivity (Wildman–Crippen MR) is 102 cm³/mol. The van der Waals surface area contributed by atoms with Gasteiger partial charge in [-0.25, -0.2) is 14.7 Å². The van der Waals surface area contributed by atoms with Crippen LogP contribution >= 0.6 is 0 Å². The van der Waals surface area contributed by atoms with Crippen LogP contribution in [0.4, 0.5) is 10.5 Å². The van der Waals surface area contributed by atoms with Gasteiger partial charge in [0.25, 0.3) is 5.91 Å². The fourth-order valence-electron chi connectivity index (χ4n) is 5.14. The summed E-state index contributed by atoms with van der Waals surface area (Å²) in [6.07, 6.45) is 3.93. The van der Waals surface area contributed by atoms with Crippen LogP contribution in [0.1, 0.15) is 25.0 Å². The van der Waals surface area contributed by atoms with Crippen LogP contribution in [0.3, 0.4) is 0 Å². The van der Waals surface area contributed by atoms with Crippen molar-refractivity contribution in [3.63, 3.8) is 0 Å². The first kappa shape index (κ1) is 16.5. The average Bonchev–Trinajstić information content (AvgIpc) is 3.33. The standard InChI is InChI=1S/C21H17N5O3/c22-8-15-13-3-1-2-4-14(13)17(9-23-15)26-20(28)18-16-7-12(25(18)21(26)29)10-24(16)19(27)11-5-6-11/h1-4,9,11-12,16,18H,5-7,10H2/t12-,16-,18+/m0/s1. The molecule has 1 aliphatic carbocycles. The largest absolute Gasteiger partial charge is 0.335 e. The highest BCUT2D eigenvalue weighted by molar-refractivity contribution is 6.25. The number of carbonyl (C=O) groups excluding carboxylic acids is 3. The minimum absolute atomic E-state index is 0.0952. The number of nitrogens with zero attached hydrogens (tertiary/aromatic N) is 5. The fourth-order valence-corrected chi connectivity index (χ4v) is 5.14. The molecule has 6 rings (SSSR count). The number of nitriles is 1. The number of urea groups is 1. The number of benzene rings is 1. The van der Waals surface area contributed by atoms with Gasteiger partial charge in [0.1, 0.15) is 17.8 Å². The number of aromatic nitrogens is 1. The van der Waals surface area contributed by atoms with Crippen molar-refractivity contribution in [2.24, 2.45) is 5.92 Å². The molecule has 144 valence electrons. The molecule has 29 heavy (non-hydrogen) atoms. The predicted octanol–water partition coefficient (Wildman–Crippen LogP) is 1.64. The molecule has 0 radical (unpaired) electrons. The van der Waals surface area contributed by atoms with Gasteiger partial charge in [0, 0.05) is 23.2 Å². The Kier molecular flexibility index (Phi) is 3.15. The summed E-state index contributed by atoms with van der Waals surface area (Å²) in [7, 11) is 0. The van der Waals surface area contributed by atoms with Crippen LogP contribution in [0.25, 0.3) is 10.8 Å². The van der Waals surface area contributed by atoms with Crippen molar-refractivity contribution in [1.82, 2.24) is 14.8 Å². The number of fused-ring (bicyclic) bond motifs is 6. The van der Waals surface area contributed by atoms with Gasteiger partial charge in [0.2, 0.25) is 5.91 Å². The Hall–Kier alpha value is -3.47. The van der Waals surface area contributed by atoms with E-state index in [2.05, 4.69) is 11.1 Å². The number of piperazine rings is 1. The second-order valence-electron chi connectivity index (χ2n) is 8.18. The number of imide groups is 1. The topological polar surface area (TPSA) is 97.6 Å². The van der Waals surface area contributed by atoms with E-state index in [-0.39, 0.29) is 41.5 Å². The summed E-state index contributed by atoms with van der Waals surface area (Å²) < 4.78 is 0. The number of rotatable bonds is 2. The first-order chi connectivity index (χ1) is 14.1. The SMILES string of the molecule is N#Cc1ncc(N2C(=O)[C@H]3[C@@H]4C[C@@H](CN4C(=O)C4CC4)N3C2=O)c2ccccc12. The zero-order valence-electron chi connectivity index (χ0n) is 15.5. The van der Waals surface area contributed by atoms with Crippen LogP contribution in [0, 0.1) is 17.2 Å². The lowest BCUT2D eigenvalue weighted by atomic mass is 10.1. The Morgan fingerprint density at radius 3 is 2.66 bits per heavy atom. The zero-order chi connectivity index (χ0) is 19.9. The molecule has 3 aliphatic heterocycles.